The fourth-order valence-electron chi connectivity index (χ4n) is 2.43. The van der Waals surface area contributed by atoms with Crippen LogP contribution in [-0.2, 0) is 19.4 Å². The van der Waals surface area contributed by atoms with Crippen LogP contribution in [0.5, 0.6) is 5.75 Å². The summed E-state index contributed by atoms with van der Waals surface area (Å²) in [7, 11) is 0. The molecule has 1 aliphatic heterocycles. The van der Waals surface area contributed by atoms with Crippen LogP contribution in [0.4, 0.5) is 0 Å². The number of hydrogen-bond donors (Lipinski definition) is 1. The predicted molar refractivity (Wildman–Crippen MR) is 75.4 cm³/mol. The van der Waals surface area contributed by atoms with Gasteiger partial charge in [0.05, 0.1) is 6.61 Å². The number of hydrogen-bond acceptors (Lipinski definition) is 3. The van der Waals surface area contributed by atoms with E-state index in [0.717, 1.165) is 25.2 Å². The standard InChI is InChI=1S/C15H16N2O3/c1-10-9-17(15(19)16-14(10)18)6-4-11-2-3-13-12(8-11)5-7-20-13/h2-3,8-9H,4-7H2,1H3,(H,16,18,19). The molecule has 2 heterocycles. The van der Waals surface area contributed by atoms with E-state index in [1.807, 2.05) is 12.1 Å². The third-order valence-corrected chi connectivity index (χ3v) is 3.58. The van der Waals surface area contributed by atoms with Crippen molar-refractivity contribution < 1.29 is 4.74 Å². The highest BCUT2D eigenvalue weighted by molar-refractivity contribution is 5.39. The van der Waals surface area contributed by atoms with Gasteiger partial charge in [0.1, 0.15) is 5.75 Å². The summed E-state index contributed by atoms with van der Waals surface area (Å²) in [4.78, 5) is 25.3. The van der Waals surface area contributed by atoms with Gasteiger partial charge in [-0.25, -0.2) is 4.79 Å². The van der Waals surface area contributed by atoms with E-state index in [-0.39, 0.29) is 11.2 Å². The third-order valence-electron chi connectivity index (χ3n) is 3.58. The van der Waals surface area contributed by atoms with E-state index in [9.17, 15) is 9.59 Å². The van der Waals surface area contributed by atoms with E-state index in [2.05, 4.69) is 11.1 Å². The zero-order chi connectivity index (χ0) is 14.1. The molecule has 1 N–H and O–H groups in total. The fourth-order valence-corrected chi connectivity index (χ4v) is 2.43. The highest BCUT2D eigenvalue weighted by Gasteiger charge is 2.12. The van der Waals surface area contributed by atoms with Crippen LogP contribution in [0.3, 0.4) is 0 Å². The summed E-state index contributed by atoms with van der Waals surface area (Å²) in [6.45, 7) is 3.00. The minimum atomic E-state index is -0.356. The SMILES string of the molecule is Cc1cn(CCc2ccc3c(c2)CCO3)c(=O)[nH]c1=O. The van der Waals surface area contributed by atoms with Crippen molar-refractivity contribution in [3.05, 3.63) is 61.9 Å². The summed E-state index contributed by atoms with van der Waals surface area (Å²) in [5, 5.41) is 0. The number of nitrogens with one attached hydrogen (secondary N) is 1. The Kier molecular flexibility index (Phi) is 3.18. The van der Waals surface area contributed by atoms with Gasteiger partial charge in [0.15, 0.2) is 0 Å². The van der Waals surface area contributed by atoms with Gasteiger partial charge in [0, 0.05) is 24.7 Å². The molecule has 0 radical (unpaired) electrons. The van der Waals surface area contributed by atoms with Gasteiger partial charge in [0.25, 0.3) is 5.56 Å². The lowest BCUT2D eigenvalue weighted by molar-refractivity contribution is 0.357. The quantitative estimate of drug-likeness (QED) is 0.907. The molecule has 104 valence electrons. The normalized spacial score (nSPS) is 13.1. The van der Waals surface area contributed by atoms with Crippen molar-refractivity contribution in [2.45, 2.75) is 26.3 Å². The molecule has 0 fully saturated rings. The molecule has 3 rings (SSSR count). The molecule has 0 bridgehead atoms. The van der Waals surface area contributed by atoms with Crippen molar-refractivity contribution in [3.8, 4) is 5.75 Å². The number of aryl methyl sites for hydroxylation is 3. The van der Waals surface area contributed by atoms with E-state index < -0.39 is 0 Å². The molecule has 0 spiro atoms. The number of nitrogens with zero attached hydrogens (tertiary/aromatic N) is 1. The van der Waals surface area contributed by atoms with Gasteiger partial charge in [-0.3, -0.25) is 14.3 Å². The van der Waals surface area contributed by atoms with E-state index in [4.69, 9.17) is 4.74 Å². The number of aromatic nitrogens is 2. The van der Waals surface area contributed by atoms with Crippen molar-refractivity contribution in [1.29, 1.82) is 0 Å². The summed E-state index contributed by atoms with van der Waals surface area (Å²) in [6.07, 6.45) is 3.30. The zero-order valence-electron chi connectivity index (χ0n) is 11.3. The monoisotopic (exact) mass is 272 g/mol. The molecule has 20 heavy (non-hydrogen) atoms. The summed E-state index contributed by atoms with van der Waals surface area (Å²) >= 11 is 0. The smallest absolute Gasteiger partial charge is 0.328 e. The maximum atomic E-state index is 11.7. The number of benzene rings is 1. The lowest BCUT2D eigenvalue weighted by Gasteiger charge is -2.07. The Hall–Kier alpha value is -2.30. The lowest BCUT2D eigenvalue weighted by Crippen LogP contribution is -2.31. The molecule has 1 aromatic carbocycles. The highest BCUT2D eigenvalue weighted by Crippen LogP contribution is 2.25. The van der Waals surface area contributed by atoms with E-state index in [0.29, 0.717) is 12.1 Å². The van der Waals surface area contributed by atoms with Crippen molar-refractivity contribution >= 4 is 0 Å². The van der Waals surface area contributed by atoms with Crippen LogP contribution in [0.1, 0.15) is 16.7 Å². The molecule has 0 unspecified atom stereocenters. The topological polar surface area (TPSA) is 64.1 Å². The molecular formula is C15H16N2O3. The Morgan fingerprint density at radius 2 is 2.20 bits per heavy atom. The van der Waals surface area contributed by atoms with Gasteiger partial charge in [-0.05, 0) is 30.5 Å². The van der Waals surface area contributed by atoms with Gasteiger partial charge in [-0.15, -0.1) is 0 Å². The molecule has 5 nitrogen and oxygen atoms in total. The largest absolute Gasteiger partial charge is 0.493 e. The maximum Gasteiger partial charge on any atom is 0.328 e. The third kappa shape index (κ3) is 2.39. The first-order valence-corrected chi connectivity index (χ1v) is 6.68. The first-order chi connectivity index (χ1) is 9.63. The minimum absolute atomic E-state index is 0.319. The first kappa shape index (κ1) is 12.7. The Bertz CT molecular complexity index is 758. The number of H-pyrrole nitrogens is 1. The van der Waals surface area contributed by atoms with Gasteiger partial charge >= 0.3 is 5.69 Å². The second-order valence-electron chi connectivity index (χ2n) is 5.06. The number of aromatic amines is 1. The summed E-state index contributed by atoms with van der Waals surface area (Å²) in [5.74, 6) is 0.964. The zero-order valence-corrected chi connectivity index (χ0v) is 11.3. The van der Waals surface area contributed by atoms with Gasteiger partial charge in [0.2, 0.25) is 0 Å². The molecule has 0 saturated carbocycles. The summed E-state index contributed by atoms with van der Waals surface area (Å²) in [6, 6.07) is 6.14. The second-order valence-corrected chi connectivity index (χ2v) is 5.06. The van der Waals surface area contributed by atoms with E-state index in [1.165, 1.54) is 11.1 Å². The van der Waals surface area contributed by atoms with Crippen molar-refractivity contribution in [2.24, 2.45) is 0 Å². The minimum Gasteiger partial charge on any atom is -0.493 e. The molecular weight excluding hydrogens is 256 g/mol. The lowest BCUT2D eigenvalue weighted by atomic mass is 10.1. The van der Waals surface area contributed by atoms with Crippen LogP contribution >= 0.6 is 0 Å². The Balaban J connectivity index is 1.78. The van der Waals surface area contributed by atoms with E-state index >= 15 is 0 Å². The van der Waals surface area contributed by atoms with Gasteiger partial charge in [-0.2, -0.15) is 0 Å². The number of fused-ring (bicyclic) bond motifs is 1. The maximum absolute atomic E-state index is 11.7. The molecule has 5 heteroatoms. The predicted octanol–water partition coefficient (Wildman–Crippen LogP) is 1.02. The second kappa shape index (κ2) is 5.00. The van der Waals surface area contributed by atoms with Crippen LogP contribution in [0.25, 0.3) is 0 Å². The van der Waals surface area contributed by atoms with Crippen molar-refractivity contribution in [1.82, 2.24) is 9.55 Å². The average molecular weight is 272 g/mol. The Morgan fingerprint density at radius 1 is 1.35 bits per heavy atom. The van der Waals surface area contributed by atoms with Gasteiger partial charge < -0.3 is 4.74 Å². The van der Waals surface area contributed by atoms with Crippen LogP contribution in [0.2, 0.25) is 0 Å². The summed E-state index contributed by atoms with van der Waals surface area (Å²) in [5.41, 5.74) is 2.27. The van der Waals surface area contributed by atoms with Crippen LogP contribution < -0.4 is 16.0 Å². The molecule has 0 amide bonds. The highest BCUT2D eigenvalue weighted by atomic mass is 16.5. The fraction of sp³-hybridized carbons (Fsp3) is 0.333. The van der Waals surface area contributed by atoms with Crippen LogP contribution in [0.15, 0.2) is 34.0 Å². The van der Waals surface area contributed by atoms with Crippen LogP contribution in [0, 0.1) is 6.92 Å². The molecule has 1 aromatic heterocycles. The van der Waals surface area contributed by atoms with Crippen molar-refractivity contribution in [2.75, 3.05) is 6.61 Å². The van der Waals surface area contributed by atoms with E-state index in [1.54, 1.807) is 17.7 Å². The average Bonchev–Trinajstić information content (AvgIpc) is 2.89. The summed E-state index contributed by atoms with van der Waals surface area (Å²) < 4.78 is 7.01. The Morgan fingerprint density at radius 3 is 3.05 bits per heavy atom. The molecule has 1 aliphatic rings. The molecule has 0 atom stereocenters. The van der Waals surface area contributed by atoms with Gasteiger partial charge in [-0.1, -0.05) is 12.1 Å². The number of rotatable bonds is 3. The molecule has 0 saturated heterocycles. The van der Waals surface area contributed by atoms with Crippen LogP contribution in [-0.4, -0.2) is 16.2 Å². The molecule has 0 aliphatic carbocycles. The number of ether oxygens (including phenoxy) is 1. The molecule has 2 aromatic rings. The Labute approximate surface area is 115 Å². The van der Waals surface area contributed by atoms with Crippen molar-refractivity contribution in [3.63, 3.8) is 0 Å². The first-order valence-electron chi connectivity index (χ1n) is 6.68.